The highest BCUT2D eigenvalue weighted by Gasteiger charge is 2.22. The van der Waals surface area contributed by atoms with Gasteiger partial charge in [-0.2, -0.15) is 0 Å². The van der Waals surface area contributed by atoms with Crippen molar-refractivity contribution in [1.82, 2.24) is 9.62 Å². The van der Waals surface area contributed by atoms with Crippen LogP contribution >= 0.6 is 0 Å². The molecule has 0 saturated heterocycles. The number of hydrogen-bond donors (Lipinski definition) is 1. The van der Waals surface area contributed by atoms with Gasteiger partial charge in [-0.15, -0.1) is 0 Å². The van der Waals surface area contributed by atoms with Gasteiger partial charge in [0.1, 0.15) is 0 Å². The van der Waals surface area contributed by atoms with Gasteiger partial charge in [0.2, 0.25) is 10.0 Å². The van der Waals surface area contributed by atoms with Gasteiger partial charge in [-0.05, 0) is 25.2 Å². The quantitative estimate of drug-likeness (QED) is 0.698. The summed E-state index contributed by atoms with van der Waals surface area (Å²) in [5.74, 6) is 0.764. The summed E-state index contributed by atoms with van der Waals surface area (Å²) < 4.78 is 25.1. The minimum atomic E-state index is -3.05. The monoisotopic (exact) mass is 248 g/mol. The van der Waals surface area contributed by atoms with E-state index in [1.165, 1.54) is 17.1 Å². The first kappa shape index (κ1) is 13.9. The van der Waals surface area contributed by atoms with Crippen LogP contribution in [0.4, 0.5) is 0 Å². The Morgan fingerprint density at radius 2 is 2.00 bits per heavy atom. The number of hydrogen-bond acceptors (Lipinski definition) is 3. The van der Waals surface area contributed by atoms with Crippen LogP contribution in [0, 0.1) is 5.92 Å². The summed E-state index contributed by atoms with van der Waals surface area (Å²) in [6.45, 7) is 5.42. The van der Waals surface area contributed by atoms with Crippen molar-refractivity contribution < 1.29 is 8.42 Å². The lowest BCUT2D eigenvalue weighted by Crippen LogP contribution is -2.35. The van der Waals surface area contributed by atoms with Crippen molar-refractivity contribution in [2.75, 3.05) is 25.9 Å². The minimum absolute atomic E-state index is 0.220. The third-order valence-electron chi connectivity index (χ3n) is 2.87. The molecule has 1 aliphatic carbocycles. The Hall–Kier alpha value is -0.130. The minimum Gasteiger partial charge on any atom is -0.313 e. The topological polar surface area (TPSA) is 49.4 Å². The van der Waals surface area contributed by atoms with E-state index in [1.807, 2.05) is 0 Å². The molecule has 0 spiro atoms. The number of nitrogens with zero attached hydrogens (tertiary/aromatic N) is 1. The van der Waals surface area contributed by atoms with Gasteiger partial charge in [0.05, 0.1) is 5.75 Å². The van der Waals surface area contributed by atoms with Gasteiger partial charge in [-0.1, -0.05) is 13.8 Å². The van der Waals surface area contributed by atoms with Crippen LogP contribution in [-0.4, -0.2) is 44.7 Å². The van der Waals surface area contributed by atoms with E-state index >= 15 is 0 Å². The van der Waals surface area contributed by atoms with Gasteiger partial charge in [0, 0.05) is 26.2 Å². The Morgan fingerprint density at radius 1 is 1.38 bits per heavy atom. The summed E-state index contributed by atoms with van der Waals surface area (Å²) in [5.41, 5.74) is 0. The largest absolute Gasteiger partial charge is 0.313 e. The molecule has 0 unspecified atom stereocenters. The number of rotatable bonds is 8. The van der Waals surface area contributed by atoms with Gasteiger partial charge in [-0.25, -0.2) is 12.7 Å². The molecule has 1 N–H and O–H groups in total. The second kappa shape index (κ2) is 5.98. The predicted octanol–water partition coefficient (Wildman–Crippen LogP) is 1.05. The van der Waals surface area contributed by atoms with Crippen molar-refractivity contribution in [3.63, 3.8) is 0 Å². The van der Waals surface area contributed by atoms with Crippen molar-refractivity contribution in [3.05, 3.63) is 0 Å². The molecule has 16 heavy (non-hydrogen) atoms. The highest BCUT2D eigenvalue weighted by atomic mass is 32.2. The first-order valence-corrected chi connectivity index (χ1v) is 7.70. The molecule has 4 nitrogen and oxygen atoms in total. The summed E-state index contributed by atoms with van der Waals surface area (Å²) in [4.78, 5) is 0. The molecular formula is C11H24N2O2S. The fraction of sp³-hybridized carbons (Fsp3) is 1.00. The SMILES string of the molecule is CC(C)CCN(C)S(=O)(=O)CCNC1CC1. The lowest BCUT2D eigenvalue weighted by molar-refractivity contribution is 0.427. The van der Waals surface area contributed by atoms with Crippen LogP contribution in [0.2, 0.25) is 0 Å². The Kier molecular flexibility index (Phi) is 5.21. The van der Waals surface area contributed by atoms with E-state index in [9.17, 15) is 8.42 Å². The summed E-state index contributed by atoms with van der Waals surface area (Å²) >= 11 is 0. The van der Waals surface area contributed by atoms with Crippen LogP contribution in [0.5, 0.6) is 0 Å². The molecule has 1 fully saturated rings. The normalized spacial score (nSPS) is 17.3. The van der Waals surface area contributed by atoms with E-state index in [1.54, 1.807) is 7.05 Å². The molecule has 0 aromatic heterocycles. The molecule has 0 amide bonds. The van der Waals surface area contributed by atoms with Gasteiger partial charge in [0.25, 0.3) is 0 Å². The maximum Gasteiger partial charge on any atom is 0.215 e. The van der Waals surface area contributed by atoms with Gasteiger partial charge in [0.15, 0.2) is 0 Å². The van der Waals surface area contributed by atoms with Crippen LogP contribution in [0.1, 0.15) is 33.1 Å². The zero-order valence-corrected chi connectivity index (χ0v) is 11.4. The molecule has 0 heterocycles. The number of sulfonamides is 1. The van der Waals surface area contributed by atoms with Crippen molar-refractivity contribution >= 4 is 10.0 Å². The number of nitrogens with one attached hydrogen (secondary N) is 1. The van der Waals surface area contributed by atoms with E-state index in [0.717, 1.165) is 6.42 Å². The third-order valence-corrected chi connectivity index (χ3v) is 4.72. The van der Waals surface area contributed by atoms with E-state index < -0.39 is 10.0 Å². The van der Waals surface area contributed by atoms with Crippen LogP contribution < -0.4 is 5.32 Å². The molecule has 5 heteroatoms. The second-order valence-electron chi connectivity index (χ2n) is 5.05. The maximum absolute atomic E-state index is 11.8. The standard InChI is InChI=1S/C11H24N2O2S/c1-10(2)6-8-13(3)16(14,15)9-7-12-11-4-5-11/h10-12H,4-9H2,1-3H3. The maximum atomic E-state index is 11.8. The Morgan fingerprint density at radius 3 is 2.50 bits per heavy atom. The Labute approximate surface area is 99.5 Å². The zero-order valence-electron chi connectivity index (χ0n) is 10.6. The summed E-state index contributed by atoms with van der Waals surface area (Å²) in [6, 6.07) is 0.580. The zero-order chi connectivity index (χ0) is 12.2. The smallest absolute Gasteiger partial charge is 0.215 e. The van der Waals surface area contributed by atoms with Crippen LogP contribution in [-0.2, 0) is 10.0 Å². The van der Waals surface area contributed by atoms with Crippen LogP contribution in [0.15, 0.2) is 0 Å². The summed E-state index contributed by atoms with van der Waals surface area (Å²) in [7, 11) is -1.38. The van der Waals surface area contributed by atoms with E-state index in [0.29, 0.717) is 25.0 Å². The highest BCUT2D eigenvalue weighted by molar-refractivity contribution is 7.89. The van der Waals surface area contributed by atoms with Crippen LogP contribution in [0.3, 0.4) is 0 Å². The molecule has 1 saturated carbocycles. The van der Waals surface area contributed by atoms with Crippen molar-refractivity contribution in [2.24, 2.45) is 5.92 Å². The molecule has 0 aliphatic heterocycles. The fourth-order valence-electron chi connectivity index (χ4n) is 1.41. The average Bonchev–Trinajstić information content (AvgIpc) is 2.97. The molecule has 0 aromatic rings. The van der Waals surface area contributed by atoms with Gasteiger partial charge >= 0.3 is 0 Å². The van der Waals surface area contributed by atoms with E-state index in [2.05, 4.69) is 19.2 Å². The molecule has 0 atom stereocenters. The molecule has 0 radical (unpaired) electrons. The van der Waals surface area contributed by atoms with E-state index in [-0.39, 0.29) is 5.75 Å². The van der Waals surface area contributed by atoms with Crippen molar-refractivity contribution in [2.45, 2.75) is 39.2 Å². The Balaban J connectivity index is 2.23. The predicted molar refractivity (Wildman–Crippen MR) is 66.9 cm³/mol. The lowest BCUT2D eigenvalue weighted by atomic mass is 10.1. The summed E-state index contributed by atoms with van der Waals surface area (Å²) in [6.07, 6.45) is 3.32. The highest BCUT2D eigenvalue weighted by Crippen LogP contribution is 2.18. The Bertz CT molecular complexity index is 297. The molecule has 96 valence electrons. The second-order valence-corrected chi connectivity index (χ2v) is 7.24. The fourth-order valence-corrected chi connectivity index (χ4v) is 2.49. The average molecular weight is 248 g/mol. The van der Waals surface area contributed by atoms with Gasteiger partial charge in [-0.3, -0.25) is 0 Å². The molecular weight excluding hydrogens is 224 g/mol. The van der Waals surface area contributed by atoms with Crippen LogP contribution in [0.25, 0.3) is 0 Å². The van der Waals surface area contributed by atoms with Crippen molar-refractivity contribution in [3.8, 4) is 0 Å². The first-order valence-electron chi connectivity index (χ1n) is 6.09. The lowest BCUT2D eigenvalue weighted by Gasteiger charge is -2.18. The van der Waals surface area contributed by atoms with E-state index in [4.69, 9.17) is 0 Å². The van der Waals surface area contributed by atoms with Crippen molar-refractivity contribution in [1.29, 1.82) is 0 Å². The summed E-state index contributed by atoms with van der Waals surface area (Å²) in [5, 5.41) is 3.23. The van der Waals surface area contributed by atoms with Gasteiger partial charge < -0.3 is 5.32 Å². The first-order chi connectivity index (χ1) is 7.42. The third kappa shape index (κ3) is 5.27. The molecule has 1 rings (SSSR count). The molecule has 1 aliphatic rings. The molecule has 0 bridgehead atoms. The molecule has 0 aromatic carbocycles.